The van der Waals surface area contributed by atoms with Crippen molar-refractivity contribution in [1.82, 2.24) is 0 Å². The van der Waals surface area contributed by atoms with Crippen LogP contribution in [0.5, 0.6) is 0 Å². The summed E-state index contributed by atoms with van der Waals surface area (Å²) in [6.45, 7) is 4.43. The zero-order valence-electron chi connectivity index (χ0n) is 9.71. The molecule has 0 aliphatic carbocycles. The van der Waals surface area contributed by atoms with Gasteiger partial charge in [-0.3, -0.25) is 0 Å². The van der Waals surface area contributed by atoms with Crippen LogP contribution in [0.15, 0.2) is 0 Å². The molecule has 1 unspecified atom stereocenters. The minimum absolute atomic E-state index is 0.0899. The van der Waals surface area contributed by atoms with Crippen molar-refractivity contribution < 1.29 is 10.2 Å². The molecule has 1 atom stereocenters. The van der Waals surface area contributed by atoms with E-state index in [0.29, 0.717) is 0 Å². The smallest absolute Gasteiger partial charge is 0.0770 e. The first-order valence-electron chi connectivity index (χ1n) is 5.95. The molecule has 0 fully saturated rings. The first-order valence-corrected chi connectivity index (χ1v) is 5.95. The van der Waals surface area contributed by atoms with Crippen molar-refractivity contribution in [3.63, 3.8) is 0 Å². The number of rotatable bonds is 9. The minimum atomic E-state index is -0.495. The van der Waals surface area contributed by atoms with Gasteiger partial charge >= 0.3 is 0 Å². The Kier molecular flexibility index (Phi) is 9.42. The average molecular weight is 202 g/mol. The van der Waals surface area contributed by atoms with E-state index in [1.807, 2.05) is 0 Å². The topological polar surface area (TPSA) is 40.5 Å². The van der Waals surface area contributed by atoms with E-state index in [1.165, 1.54) is 32.1 Å². The van der Waals surface area contributed by atoms with Crippen LogP contribution < -0.4 is 0 Å². The van der Waals surface area contributed by atoms with Crippen molar-refractivity contribution in [1.29, 1.82) is 0 Å². The third kappa shape index (κ3) is 10.0. The molecule has 2 heteroatoms. The van der Waals surface area contributed by atoms with Crippen LogP contribution in [0, 0.1) is 5.92 Å². The molecule has 0 aliphatic rings. The second-order valence-electron chi connectivity index (χ2n) is 4.58. The Hall–Kier alpha value is -0.0800. The Morgan fingerprint density at radius 3 is 1.86 bits per heavy atom. The van der Waals surface area contributed by atoms with E-state index >= 15 is 0 Å². The van der Waals surface area contributed by atoms with Gasteiger partial charge in [-0.05, 0) is 12.3 Å². The van der Waals surface area contributed by atoms with Gasteiger partial charge in [0.15, 0.2) is 0 Å². The van der Waals surface area contributed by atoms with E-state index in [1.54, 1.807) is 0 Å². The molecule has 0 aliphatic heterocycles. The Balaban J connectivity index is 2.99. The van der Waals surface area contributed by atoms with Crippen LogP contribution >= 0.6 is 0 Å². The van der Waals surface area contributed by atoms with E-state index in [9.17, 15) is 0 Å². The molecule has 0 heterocycles. The average Bonchev–Trinajstić information content (AvgIpc) is 2.15. The summed E-state index contributed by atoms with van der Waals surface area (Å²) in [5, 5.41) is 17.7. The lowest BCUT2D eigenvalue weighted by molar-refractivity contribution is 0.0860. The van der Waals surface area contributed by atoms with Crippen molar-refractivity contribution >= 4 is 0 Å². The fraction of sp³-hybridized carbons (Fsp3) is 1.00. The van der Waals surface area contributed by atoms with Crippen LogP contribution in [0.1, 0.15) is 58.8 Å². The third-order valence-electron chi connectivity index (χ3n) is 2.53. The molecule has 2 nitrogen and oxygen atoms in total. The van der Waals surface area contributed by atoms with Crippen molar-refractivity contribution in [3.05, 3.63) is 0 Å². The van der Waals surface area contributed by atoms with Gasteiger partial charge in [-0.2, -0.15) is 0 Å². The van der Waals surface area contributed by atoms with Gasteiger partial charge in [0.05, 0.1) is 12.7 Å². The molecule has 0 bridgehead atoms. The molecule has 14 heavy (non-hydrogen) atoms. The minimum Gasteiger partial charge on any atom is -0.394 e. The number of hydrogen-bond acceptors (Lipinski definition) is 2. The van der Waals surface area contributed by atoms with Crippen molar-refractivity contribution in [2.24, 2.45) is 5.92 Å². The fourth-order valence-electron chi connectivity index (χ4n) is 1.55. The quantitative estimate of drug-likeness (QED) is 0.564. The van der Waals surface area contributed by atoms with Gasteiger partial charge in [-0.25, -0.2) is 0 Å². The number of aliphatic hydroxyl groups is 2. The van der Waals surface area contributed by atoms with Crippen molar-refractivity contribution in [2.45, 2.75) is 64.9 Å². The zero-order chi connectivity index (χ0) is 10.8. The van der Waals surface area contributed by atoms with Crippen LogP contribution in [0.3, 0.4) is 0 Å². The molecule has 0 saturated heterocycles. The summed E-state index contributed by atoms with van der Waals surface area (Å²) in [4.78, 5) is 0. The second-order valence-corrected chi connectivity index (χ2v) is 4.58. The lowest BCUT2D eigenvalue weighted by Crippen LogP contribution is -2.10. The van der Waals surface area contributed by atoms with Crippen LogP contribution in [-0.2, 0) is 0 Å². The van der Waals surface area contributed by atoms with Gasteiger partial charge in [0, 0.05) is 0 Å². The molecular weight excluding hydrogens is 176 g/mol. The van der Waals surface area contributed by atoms with Crippen LogP contribution in [0.25, 0.3) is 0 Å². The SMILES string of the molecule is CC(C)CCCCCCCC(O)CO. The Bertz CT molecular complexity index is 113. The maximum Gasteiger partial charge on any atom is 0.0770 e. The second kappa shape index (κ2) is 9.47. The van der Waals surface area contributed by atoms with E-state index in [-0.39, 0.29) is 6.61 Å². The monoisotopic (exact) mass is 202 g/mol. The number of hydrogen-bond donors (Lipinski definition) is 2. The zero-order valence-corrected chi connectivity index (χ0v) is 9.71. The lowest BCUT2D eigenvalue weighted by atomic mass is 10.0. The Morgan fingerprint density at radius 1 is 0.857 bits per heavy atom. The Labute approximate surface area is 88.3 Å². The Morgan fingerprint density at radius 2 is 1.36 bits per heavy atom. The van der Waals surface area contributed by atoms with Gasteiger partial charge in [-0.15, -0.1) is 0 Å². The first kappa shape index (κ1) is 13.9. The normalized spacial score (nSPS) is 13.5. The standard InChI is InChI=1S/C12H26O2/c1-11(2)8-6-4-3-5-7-9-12(14)10-13/h11-14H,3-10H2,1-2H3. The van der Waals surface area contributed by atoms with Crippen LogP contribution in [0.4, 0.5) is 0 Å². The summed E-state index contributed by atoms with van der Waals surface area (Å²) in [7, 11) is 0. The van der Waals surface area contributed by atoms with Gasteiger partial charge in [-0.1, -0.05) is 52.4 Å². The lowest BCUT2D eigenvalue weighted by Gasteiger charge is -2.06. The van der Waals surface area contributed by atoms with E-state index in [0.717, 1.165) is 18.8 Å². The highest BCUT2D eigenvalue weighted by Gasteiger charge is 2.00. The largest absolute Gasteiger partial charge is 0.394 e. The van der Waals surface area contributed by atoms with Crippen LogP contribution in [-0.4, -0.2) is 22.9 Å². The first-order chi connectivity index (χ1) is 6.66. The predicted molar refractivity (Wildman–Crippen MR) is 60.2 cm³/mol. The van der Waals surface area contributed by atoms with E-state index < -0.39 is 6.10 Å². The third-order valence-corrected chi connectivity index (χ3v) is 2.53. The molecule has 2 N–H and O–H groups in total. The molecule has 86 valence electrons. The molecule has 0 aromatic heterocycles. The molecule has 0 aromatic carbocycles. The van der Waals surface area contributed by atoms with Gasteiger partial charge in [0.25, 0.3) is 0 Å². The molecule has 0 aromatic rings. The predicted octanol–water partition coefficient (Wildman–Crippen LogP) is 2.73. The van der Waals surface area contributed by atoms with Crippen molar-refractivity contribution in [3.8, 4) is 0 Å². The molecule has 0 spiro atoms. The van der Waals surface area contributed by atoms with Crippen LogP contribution in [0.2, 0.25) is 0 Å². The summed E-state index contributed by atoms with van der Waals surface area (Å²) in [5.74, 6) is 0.825. The number of aliphatic hydroxyl groups excluding tert-OH is 2. The molecule has 0 radical (unpaired) electrons. The fourth-order valence-corrected chi connectivity index (χ4v) is 1.55. The van der Waals surface area contributed by atoms with E-state index in [4.69, 9.17) is 10.2 Å². The highest BCUT2D eigenvalue weighted by Crippen LogP contribution is 2.11. The molecule has 0 amide bonds. The number of unbranched alkanes of at least 4 members (excludes halogenated alkanes) is 4. The summed E-state index contributed by atoms with van der Waals surface area (Å²) < 4.78 is 0. The van der Waals surface area contributed by atoms with Gasteiger partial charge < -0.3 is 10.2 Å². The highest BCUT2D eigenvalue weighted by atomic mass is 16.3. The molecule has 0 rings (SSSR count). The maximum atomic E-state index is 9.08. The molecular formula is C12H26O2. The van der Waals surface area contributed by atoms with Gasteiger partial charge in [0.2, 0.25) is 0 Å². The highest BCUT2D eigenvalue weighted by molar-refractivity contribution is 4.54. The van der Waals surface area contributed by atoms with Gasteiger partial charge in [0.1, 0.15) is 0 Å². The molecule has 0 saturated carbocycles. The summed E-state index contributed by atoms with van der Waals surface area (Å²) in [6.07, 6.45) is 7.74. The summed E-state index contributed by atoms with van der Waals surface area (Å²) in [5.41, 5.74) is 0. The van der Waals surface area contributed by atoms with E-state index in [2.05, 4.69) is 13.8 Å². The summed E-state index contributed by atoms with van der Waals surface area (Å²) in [6, 6.07) is 0. The van der Waals surface area contributed by atoms with Crippen molar-refractivity contribution in [2.75, 3.05) is 6.61 Å². The summed E-state index contributed by atoms with van der Waals surface area (Å²) >= 11 is 0. The maximum absolute atomic E-state index is 9.08.